The van der Waals surface area contributed by atoms with Crippen LogP contribution in [-0.4, -0.2) is 16.4 Å². The van der Waals surface area contributed by atoms with Gasteiger partial charge < -0.3 is 10.5 Å². The number of hydrogen-bond donors (Lipinski definition) is 1. The Morgan fingerprint density at radius 3 is 2.72 bits per heavy atom. The summed E-state index contributed by atoms with van der Waals surface area (Å²) in [4.78, 5) is 0. The monoisotopic (exact) mass is 333 g/mol. The third kappa shape index (κ3) is 2.61. The fraction of sp³-hybridized carbons (Fsp3) is 0.381. The van der Waals surface area contributed by atoms with Crippen LogP contribution in [0, 0.1) is 0 Å². The molecule has 3 aromatic rings. The normalized spacial score (nSPS) is 26.0. The summed E-state index contributed by atoms with van der Waals surface area (Å²) in [5, 5.41) is 6.22. The summed E-state index contributed by atoms with van der Waals surface area (Å²) in [7, 11) is 0. The Balaban J connectivity index is 1.55. The lowest BCUT2D eigenvalue weighted by molar-refractivity contribution is -0.0368. The van der Waals surface area contributed by atoms with Gasteiger partial charge in [-0.15, -0.1) is 0 Å². The fourth-order valence-electron chi connectivity index (χ4n) is 4.16. The minimum atomic E-state index is 0.0579. The molecule has 2 unspecified atom stereocenters. The molecular weight excluding hydrogens is 310 g/mol. The molecule has 1 aromatic heterocycles. The molecule has 2 N–H and O–H groups in total. The largest absolute Gasteiger partial charge is 0.399 e. The van der Waals surface area contributed by atoms with Crippen LogP contribution in [0.3, 0.4) is 0 Å². The zero-order chi connectivity index (χ0) is 16.8. The van der Waals surface area contributed by atoms with Crippen molar-refractivity contribution >= 4 is 16.6 Å². The number of nitrogens with two attached hydrogens (primary N) is 1. The molecule has 1 aliphatic carbocycles. The van der Waals surface area contributed by atoms with E-state index in [4.69, 9.17) is 15.6 Å². The topological polar surface area (TPSA) is 53.1 Å². The van der Waals surface area contributed by atoms with Gasteiger partial charge in [-0.3, -0.25) is 0 Å². The van der Waals surface area contributed by atoms with E-state index in [0.717, 1.165) is 37.1 Å². The maximum absolute atomic E-state index is 6.08. The number of hydrogen-bond acceptors (Lipinski definition) is 3. The first-order valence-corrected chi connectivity index (χ1v) is 9.25. The van der Waals surface area contributed by atoms with E-state index >= 15 is 0 Å². The van der Waals surface area contributed by atoms with Crippen LogP contribution in [0.15, 0.2) is 48.5 Å². The van der Waals surface area contributed by atoms with E-state index in [0.29, 0.717) is 11.8 Å². The first-order chi connectivity index (χ1) is 12.3. The third-order valence-corrected chi connectivity index (χ3v) is 5.56. The number of nitrogen functional groups attached to an aromatic ring is 1. The Morgan fingerprint density at radius 2 is 1.92 bits per heavy atom. The highest BCUT2D eigenvalue weighted by molar-refractivity contribution is 5.86. The van der Waals surface area contributed by atoms with Crippen LogP contribution in [0.2, 0.25) is 0 Å². The average molecular weight is 333 g/mol. The standard InChI is InChI=1S/C21H23N3O/c22-15-9-10-19-18(12-15)21(23-24(19)20-8-4-5-11-25-20)17-13-16(17)14-6-2-1-3-7-14/h1-3,6-7,9-10,12,16-17,20H,4-5,8,11,13,22H2/t16?,17-,20?/m1/s1. The molecular formula is C21H23N3O. The van der Waals surface area contributed by atoms with Gasteiger partial charge in [0.05, 0.1) is 11.2 Å². The van der Waals surface area contributed by atoms with E-state index in [9.17, 15) is 0 Å². The Morgan fingerprint density at radius 1 is 1.04 bits per heavy atom. The van der Waals surface area contributed by atoms with Gasteiger partial charge in [-0.25, -0.2) is 4.68 Å². The van der Waals surface area contributed by atoms with Gasteiger partial charge in [0.2, 0.25) is 0 Å². The highest BCUT2D eigenvalue weighted by Crippen LogP contribution is 2.55. The van der Waals surface area contributed by atoms with Crippen molar-refractivity contribution in [3.8, 4) is 0 Å². The molecule has 1 aliphatic heterocycles. The Kier molecular flexibility index (Phi) is 3.52. The predicted octanol–water partition coefficient (Wildman–Crippen LogP) is 4.59. The number of benzene rings is 2. The quantitative estimate of drug-likeness (QED) is 0.713. The van der Waals surface area contributed by atoms with Crippen LogP contribution in [0.1, 0.15) is 55.0 Å². The zero-order valence-corrected chi connectivity index (χ0v) is 14.3. The van der Waals surface area contributed by atoms with Crippen molar-refractivity contribution in [1.82, 2.24) is 9.78 Å². The van der Waals surface area contributed by atoms with Crippen LogP contribution < -0.4 is 5.73 Å². The number of rotatable bonds is 3. The zero-order valence-electron chi connectivity index (χ0n) is 14.3. The van der Waals surface area contributed by atoms with Crippen molar-refractivity contribution in [2.75, 3.05) is 12.3 Å². The summed E-state index contributed by atoms with van der Waals surface area (Å²) in [5.41, 5.74) is 10.6. The third-order valence-electron chi connectivity index (χ3n) is 5.56. The number of anilines is 1. The molecule has 1 saturated carbocycles. The van der Waals surface area contributed by atoms with E-state index in [1.54, 1.807) is 0 Å². The van der Waals surface area contributed by atoms with Gasteiger partial charge in [-0.2, -0.15) is 5.10 Å². The Labute approximate surface area is 147 Å². The molecule has 2 aliphatic rings. The molecule has 25 heavy (non-hydrogen) atoms. The maximum Gasteiger partial charge on any atom is 0.150 e. The number of nitrogens with zero attached hydrogens (tertiary/aromatic N) is 2. The smallest absolute Gasteiger partial charge is 0.150 e. The van der Waals surface area contributed by atoms with Gasteiger partial charge in [0, 0.05) is 23.6 Å². The van der Waals surface area contributed by atoms with E-state index in [2.05, 4.69) is 47.1 Å². The lowest BCUT2D eigenvalue weighted by Crippen LogP contribution is -2.19. The molecule has 2 heterocycles. The molecule has 2 aromatic carbocycles. The van der Waals surface area contributed by atoms with E-state index in [-0.39, 0.29) is 6.23 Å². The summed E-state index contributed by atoms with van der Waals surface area (Å²) in [6.07, 6.45) is 4.60. The second kappa shape index (κ2) is 5.88. The number of aromatic nitrogens is 2. The van der Waals surface area contributed by atoms with Gasteiger partial charge in [0.1, 0.15) is 0 Å². The summed E-state index contributed by atoms with van der Waals surface area (Å²) in [6.45, 7) is 0.826. The molecule has 0 amide bonds. The average Bonchev–Trinajstić information content (AvgIpc) is 3.37. The fourth-order valence-corrected chi connectivity index (χ4v) is 4.16. The van der Waals surface area contributed by atoms with Crippen LogP contribution in [-0.2, 0) is 4.74 Å². The molecule has 0 spiro atoms. The first-order valence-electron chi connectivity index (χ1n) is 9.25. The number of fused-ring (bicyclic) bond motifs is 1. The molecule has 0 radical (unpaired) electrons. The summed E-state index contributed by atoms with van der Waals surface area (Å²) in [5.74, 6) is 1.05. The van der Waals surface area contributed by atoms with E-state index in [1.807, 2.05) is 6.07 Å². The summed E-state index contributed by atoms with van der Waals surface area (Å²) < 4.78 is 8.10. The molecule has 3 atom stereocenters. The highest BCUT2D eigenvalue weighted by Gasteiger charge is 2.42. The number of ether oxygens (including phenoxy) is 1. The summed E-state index contributed by atoms with van der Waals surface area (Å²) >= 11 is 0. The van der Waals surface area contributed by atoms with Crippen LogP contribution in [0.4, 0.5) is 5.69 Å². The van der Waals surface area contributed by atoms with Crippen molar-refractivity contribution in [1.29, 1.82) is 0 Å². The van der Waals surface area contributed by atoms with Crippen molar-refractivity contribution in [2.24, 2.45) is 0 Å². The van der Waals surface area contributed by atoms with Crippen molar-refractivity contribution in [3.63, 3.8) is 0 Å². The van der Waals surface area contributed by atoms with Gasteiger partial charge in [0.15, 0.2) is 6.23 Å². The summed E-state index contributed by atoms with van der Waals surface area (Å²) in [6, 6.07) is 16.9. The van der Waals surface area contributed by atoms with Crippen LogP contribution >= 0.6 is 0 Å². The second-order valence-corrected chi connectivity index (χ2v) is 7.29. The second-order valence-electron chi connectivity index (χ2n) is 7.29. The Hall–Kier alpha value is -2.33. The van der Waals surface area contributed by atoms with E-state index < -0.39 is 0 Å². The first kappa shape index (κ1) is 15.0. The van der Waals surface area contributed by atoms with Gasteiger partial charge >= 0.3 is 0 Å². The van der Waals surface area contributed by atoms with Gasteiger partial charge in [-0.1, -0.05) is 30.3 Å². The van der Waals surface area contributed by atoms with Gasteiger partial charge in [-0.05, 0) is 55.4 Å². The molecule has 4 heteroatoms. The van der Waals surface area contributed by atoms with Crippen molar-refractivity contribution in [2.45, 2.75) is 43.7 Å². The lowest BCUT2D eigenvalue weighted by Gasteiger charge is -2.23. The Bertz CT molecular complexity index is 896. The van der Waals surface area contributed by atoms with Crippen molar-refractivity contribution in [3.05, 3.63) is 59.8 Å². The lowest BCUT2D eigenvalue weighted by atomic mass is 10.1. The molecule has 1 saturated heterocycles. The maximum atomic E-state index is 6.08. The van der Waals surface area contributed by atoms with Crippen LogP contribution in [0.25, 0.3) is 10.9 Å². The predicted molar refractivity (Wildman–Crippen MR) is 99.5 cm³/mol. The SMILES string of the molecule is Nc1ccc2c(c1)c([C@@H]1CC1c1ccccc1)nn2C1CCCCO1. The molecule has 128 valence electrons. The highest BCUT2D eigenvalue weighted by atomic mass is 16.5. The molecule has 4 nitrogen and oxygen atoms in total. The molecule has 2 fully saturated rings. The van der Waals surface area contributed by atoms with Crippen LogP contribution in [0.5, 0.6) is 0 Å². The van der Waals surface area contributed by atoms with Gasteiger partial charge in [0.25, 0.3) is 0 Å². The minimum absolute atomic E-state index is 0.0579. The van der Waals surface area contributed by atoms with E-state index in [1.165, 1.54) is 23.1 Å². The molecule has 5 rings (SSSR count). The molecule has 0 bridgehead atoms. The minimum Gasteiger partial charge on any atom is -0.399 e. The van der Waals surface area contributed by atoms with Crippen molar-refractivity contribution < 1.29 is 4.74 Å².